The van der Waals surface area contributed by atoms with Gasteiger partial charge in [0, 0.05) is 12.1 Å². The van der Waals surface area contributed by atoms with Crippen LogP contribution in [0.15, 0.2) is 23.4 Å². The largest absolute Gasteiger partial charge is 0.497 e. The first-order chi connectivity index (χ1) is 13.5. The van der Waals surface area contributed by atoms with E-state index in [4.69, 9.17) is 15.3 Å². The Balaban J connectivity index is 1.99. The maximum Gasteiger partial charge on any atom is 0.230 e. The van der Waals surface area contributed by atoms with Crippen molar-refractivity contribution >= 4 is 17.7 Å². The first kappa shape index (κ1) is 21.9. The molecule has 1 atom stereocenters. The van der Waals surface area contributed by atoms with Crippen LogP contribution in [0.5, 0.6) is 11.5 Å². The molecule has 1 heterocycles. The minimum absolute atomic E-state index is 0.0411. The molecule has 1 aromatic carbocycles. The van der Waals surface area contributed by atoms with E-state index in [2.05, 4.69) is 22.4 Å². The number of carbonyl (C=O) groups excluding carboxylic acids is 1. The molecule has 0 saturated heterocycles. The van der Waals surface area contributed by atoms with Crippen LogP contribution in [0.3, 0.4) is 0 Å². The van der Waals surface area contributed by atoms with E-state index < -0.39 is 0 Å². The zero-order valence-electron chi connectivity index (χ0n) is 16.9. The van der Waals surface area contributed by atoms with Crippen LogP contribution in [-0.4, -0.2) is 46.8 Å². The summed E-state index contributed by atoms with van der Waals surface area (Å²) < 4.78 is 12.0. The molecule has 0 radical (unpaired) electrons. The number of thioether (sulfide) groups is 1. The number of nitrogens with two attached hydrogens (primary N) is 1. The summed E-state index contributed by atoms with van der Waals surface area (Å²) in [6, 6.07) is 5.52. The summed E-state index contributed by atoms with van der Waals surface area (Å²) >= 11 is 1.25. The molecule has 1 unspecified atom stereocenters. The van der Waals surface area contributed by atoms with Crippen LogP contribution in [0.4, 0.5) is 0 Å². The van der Waals surface area contributed by atoms with Crippen molar-refractivity contribution in [1.82, 2.24) is 20.2 Å². The molecule has 0 fully saturated rings. The van der Waals surface area contributed by atoms with Crippen molar-refractivity contribution in [1.29, 1.82) is 0 Å². The number of hydrogen-bond donors (Lipinski definition) is 2. The Hall–Kier alpha value is -2.42. The van der Waals surface area contributed by atoms with Gasteiger partial charge in [0.05, 0.1) is 25.5 Å². The first-order valence-electron chi connectivity index (χ1n) is 9.35. The molecule has 2 rings (SSSR count). The van der Waals surface area contributed by atoms with Gasteiger partial charge in [-0.25, -0.2) is 4.68 Å². The number of methoxy groups -OCH3 is 2. The van der Waals surface area contributed by atoms with E-state index >= 15 is 0 Å². The summed E-state index contributed by atoms with van der Waals surface area (Å²) in [5, 5.41) is 11.7. The molecule has 0 aliphatic carbocycles. The number of benzene rings is 1. The number of nitrogens with one attached hydrogen (secondary N) is 1. The van der Waals surface area contributed by atoms with Gasteiger partial charge in [0.2, 0.25) is 11.1 Å². The van der Waals surface area contributed by atoms with Gasteiger partial charge in [0.25, 0.3) is 0 Å². The third-order valence-electron chi connectivity index (χ3n) is 4.29. The minimum Gasteiger partial charge on any atom is -0.497 e. The normalized spacial score (nSPS) is 11.9. The van der Waals surface area contributed by atoms with E-state index in [-0.39, 0.29) is 17.7 Å². The lowest BCUT2D eigenvalue weighted by Crippen LogP contribution is -2.33. The van der Waals surface area contributed by atoms with Gasteiger partial charge in [0.1, 0.15) is 11.5 Å². The summed E-state index contributed by atoms with van der Waals surface area (Å²) in [5.41, 5.74) is 0.694. The molecule has 8 nitrogen and oxygen atoms in total. The van der Waals surface area contributed by atoms with E-state index in [0.717, 1.165) is 12.8 Å². The van der Waals surface area contributed by atoms with Crippen molar-refractivity contribution in [3.05, 3.63) is 18.2 Å². The third-order valence-corrected chi connectivity index (χ3v) is 5.24. The molecule has 0 saturated carbocycles. The lowest BCUT2D eigenvalue weighted by atomic mass is 10.1. The number of nitrogen functional groups attached to an aromatic ring is 1. The predicted octanol–water partition coefficient (Wildman–Crippen LogP) is 2.85. The second-order valence-corrected chi connectivity index (χ2v) is 7.44. The number of ether oxygens (including phenoxy) is 2. The zero-order chi connectivity index (χ0) is 20.5. The molecule has 1 aromatic heterocycles. The lowest BCUT2D eigenvalue weighted by molar-refractivity contribution is -0.119. The van der Waals surface area contributed by atoms with Crippen molar-refractivity contribution in [3.8, 4) is 22.9 Å². The smallest absolute Gasteiger partial charge is 0.230 e. The molecular formula is C19H29N5O3S. The molecule has 3 N–H and O–H groups in total. The van der Waals surface area contributed by atoms with Gasteiger partial charge in [-0.1, -0.05) is 37.9 Å². The van der Waals surface area contributed by atoms with Gasteiger partial charge < -0.3 is 20.6 Å². The highest BCUT2D eigenvalue weighted by Gasteiger charge is 2.18. The van der Waals surface area contributed by atoms with Crippen LogP contribution < -0.4 is 20.6 Å². The van der Waals surface area contributed by atoms with E-state index in [0.29, 0.717) is 28.0 Å². The summed E-state index contributed by atoms with van der Waals surface area (Å²) in [5.74, 6) is 8.04. The Bertz CT molecular complexity index is 781. The lowest BCUT2D eigenvalue weighted by Gasteiger charge is -2.13. The number of hydrogen-bond acceptors (Lipinski definition) is 7. The average molecular weight is 408 g/mol. The standard InChI is InChI=1S/C19H29N5O3S/c1-5-6-7-8-13(2)21-17(25)12-28-19-23-22-18(24(19)20)15-10-9-14(26-3)11-16(15)27-4/h9-11,13H,5-8,12,20H2,1-4H3,(H,21,25). The van der Waals surface area contributed by atoms with Crippen molar-refractivity contribution in [2.24, 2.45) is 0 Å². The Morgan fingerprint density at radius 2 is 2.07 bits per heavy atom. The number of nitrogens with zero attached hydrogens (tertiary/aromatic N) is 3. The molecule has 0 spiro atoms. The van der Waals surface area contributed by atoms with Crippen LogP contribution in [0.25, 0.3) is 11.4 Å². The summed E-state index contributed by atoms with van der Waals surface area (Å²) in [6.07, 6.45) is 4.46. The highest BCUT2D eigenvalue weighted by molar-refractivity contribution is 7.99. The first-order valence-corrected chi connectivity index (χ1v) is 10.3. The molecule has 154 valence electrons. The second-order valence-electron chi connectivity index (χ2n) is 6.50. The van der Waals surface area contributed by atoms with Crippen LogP contribution >= 0.6 is 11.8 Å². The fourth-order valence-electron chi connectivity index (χ4n) is 2.76. The topological polar surface area (TPSA) is 104 Å². The predicted molar refractivity (Wildman–Crippen MR) is 111 cm³/mol. The third kappa shape index (κ3) is 5.79. The van der Waals surface area contributed by atoms with Crippen molar-refractivity contribution < 1.29 is 14.3 Å². The van der Waals surface area contributed by atoms with Crippen molar-refractivity contribution in [3.63, 3.8) is 0 Å². The minimum atomic E-state index is -0.0411. The molecule has 0 aliphatic heterocycles. The SMILES string of the molecule is CCCCCC(C)NC(=O)CSc1nnc(-c2ccc(OC)cc2OC)n1N. The summed E-state index contributed by atoms with van der Waals surface area (Å²) in [7, 11) is 3.15. The quantitative estimate of drug-likeness (QED) is 0.335. The van der Waals surface area contributed by atoms with Crippen molar-refractivity contribution in [2.75, 3.05) is 25.8 Å². The van der Waals surface area contributed by atoms with Gasteiger partial charge in [0.15, 0.2) is 5.82 Å². The van der Waals surface area contributed by atoms with Crippen LogP contribution in [0.2, 0.25) is 0 Å². The van der Waals surface area contributed by atoms with E-state index in [9.17, 15) is 4.79 Å². The molecule has 2 aromatic rings. The summed E-state index contributed by atoms with van der Waals surface area (Å²) in [4.78, 5) is 12.2. The van der Waals surface area contributed by atoms with E-state index in [1.54, 1.807) is 26.4 Å². The van der Waals surface area contributed by atoms with Crippen LogP contribution in [0, 0.1) is 0 Å². The van der Waals surface area contributed by atoms with Crippen molar-refractivity contribution in [2.45, 2.75) is 50.7 Å². The molecular weight excluding hydrogens is 378 g/mol. The number of amides is 1. The highest BCUT2D eigenvalue weighted by atomic mass is 32.2. The number of aromatic nitrogens is 3. The Morgan fingerprint density at radius 3 is 2.75 bits per heavy atom. The fourth-order valence-corrected chi connectivity index (χ4v) is 3.43. The van der Waals surface area contributed by atoms with Gasteiger partial charge in [-0.2, -0.15) is 0 Å². The second kappa shape index (κ2) is 10.8. The molecule has 0 aliphatic rings. The van der Waals surface area contributed by atoms with Gasteiger partial charge in [-0.05, 0) is 25.5 Å². The Morgan fingerprint density at radius 1 is 1.29 bits per heavy atom. The van der Waals surface area contributed by atoms with Crippen LogP contribution in [0.1, 0.15) is 39.5 Å². The number of rotatable bonds is 11. The highest BCUT2D eigenvalue weighted by Crippen LogP contribution is 2.32. The molecule has 9 heteroatoms. The Kier molecular flexibility index (Phi) is 8.43. The zero-order valence-corrected chi connectivity index (χ0v) is 17.7. The van der Waals surface area contributed by atoms with Gasteiger partial charge >= 0.3 is 0 Å². The van der Waals surface area contributed by atoms with E-state index in [1.807, 2.05) is 13.0 Å². The number of unbranched alkanes of at least 4 members (excludes halogenated alkanes) is 2. The van der Waals surface area contributed by atoms with Gasteiger partial charge in [-0.3, -0.25) is 4.79 Å². The maximum absolute atomic E-state index is 12.2. The Labute approximate surface area is 170 Å². The molecule has 1 amide bonds. The molecule has 0 bridgehead atoms. The number of carbonyl (C=O) groups is 1. The van der Waals surface area contributed by atoms with Gasteiger partial charge in [-0.15, -0.1) is 10.2 Å². The van der Waals surface area contributed by atoms with Crippen LogP contribution in [-0.2, 0) is 4.79 Å². The fraction of sp³-hybridized carbons (Fsp3) is 0.526. The monoisotopic (exact) mass is 407 g/mol. The maximum atomic E-state index is 12.2. The average Bonchev–Trinajstić information content (AvgIpc) is 3.06. The molecule has 28 heavy (non-hydrogen) atoms. The summed E-state index contributed by atoms with van der Waals surface area (Å²) in [6.45, 7) is 4.19. The van der Waals surface area contributed by atoms with E-state index in [1.165, 1.54) is 29.3 Å².